The zero-order valence-electron chi connectivity index (χ0n) is 10.3. The fourth-order valence-corrected chi connectivity index (χ4v) is 6.06. The Morgan fingerprint density at radius 1 is 1.42 bits per heavy atom. The van der Waals surface area contributed by atoms with Crippen molar-refractivity contribution in [3.8, 4) is 10.4 Å². The van der Waals surface area contributed by atoms with E-state index < -0.39 is 0 Å². The summed E-state index contributed by atoms with van der Waals surface area (Å²) in [6.45, 7) is 2.03. The number of nitrogen functional groups attached to an aromatic ring is 1. The number of nitrogens with two attached hydrogens (primary N) is 1. The molecule has 2 N–H and O–H groups in total. The van der Waals surface area contributed by atoms with Crippen LogP contribution in [0.2, 0.25) is 0 Å². The summed E-state index contributed by atoms with van der Waals surface area (Å²) in [6, 6.07) is 2.03. The zero-order chi connectivity index (χ0) is 14.2. The lowest BCUT2D eigenvalue weighted by Crippen LogP contribution is -2.02. The third kappa shape index (κ3) is 2.74. The molecule has 2 aromatic heterocycles. The van der Waals surface area contributed by atoms with Crippen molar-refractivity contribution in [2.75, 3.05) is 12.8 Å². The van der Waals surface area contributed by atoms with E-state index in [9.17, 15) is 4.79 Å². The Kier molecular flexibility index (Phi) is 4.70. The molecule has 0 aliphatic rings. The molecule has 0 spiro atoms. The van der Waals surface area contributed by atoms with Crippen LogP contribution in [0.25, 0.3) is 10.4 Å². The molecule has 0 atom stereocenters. The summed E-state index contributed by atoms with van der Waals surface area (Å²) in [7, 11) is 1.36. The number of ether oxygens (including phenoxy) is 1. The van der Waals surface area contributed by atoms with Gasteiger partial charge < -0.3 is 10.5 Å². The number of thiophene rings is 2. The van der Waals surface area contributed by atoms with E-state index in [0.717, 1.165) is 30.0 Å². The van der Waals surface area contributed by atoms with Gasteiger partial charge in [-0.25, -0.2) is 4.79 Å². The lowest BCUT2D eigenvalue weighted by molar-refractivity contribution is 0.0607. The lowest BCUT2D eigenvalue weighted by Gasteiger charge is -2.01. The van der Waals surface area contributed by atoms with Gasteiger partial charge in [-0.05, 0) is 49.9 Å². The molecule has 2 heterocycles. The normalized spacial score (nSPS) is 10.7. The van der Waals surface area contributed by atoms with Gasteiger partial charge in [0.15, 0.2) is 0 Å². The van der Waals surface area contributed by atoms with E-state index in [-0.39, 0.29) is 5.97 Å². The van der Waals surface area contributed by atoms with Crippen LogP contribution in [0, 0.1) is 0 Å². The van der Waals surface area contributed by atoms with Crippen LogP contribution in [0.1, 0.15) is 22.2 Å². The second-order valence-corrected chi connectivity index (χ2v) is 8.51. The average Bonchev–Trinajstić information content (AvgIpc) is 2.88. The highest BCUT2D eigenvalue weighted by molar-refractivity contribution is 9.12. The van der Waals surface area contributed by atoms with Gasteiger partial charge in [-0.2, -0.15) is 0 Å². The van der Waals surface area contributed by atoms with Crippen LogP contribution in [-0.2, 0) is 11.2 Å². The standard InChI is InChI=1S/C12H11Br2NO2S2/c1-3-5-8(15)10(12(16)17-2)19-9(5)6-4-7(13)18-11(6)14/h4H,3,15H2,1-2H3. The van der Waals surface area contributed by atoms with E-state index in [1.54, 1.807) is 11.3 Å². The maximum Gasteiger partial charge on any atom is 0.350 e. The lowest BCUT2D eigenvalue weighted by atomic mass is 10.1. The van der Waals surface area contributed by atoms with E-state index in [0.29, 0.717) is 10.6 Å². The van der Waals surface area contributed by atoms with Gasteiger partial charge in [0.05, 0.1) is 20.4 Å². The Hall–Kier alpha value is -0.370. The van der Waals surface area contributed by atoms with Crippen molar-refractivity contribution in [3.05, 3.63) is 24.1 Å². The number of anilines is 1. The van der Waals surface area contributed by atoms with Gasteiger partial charge in [-0.1, -0.05) is 6.92 Å². The van der Waals surface area contributed by atoms with Crippen LogP contribution in [0.15, 0.2) is 13.6 Å². The van der Waals surface area contributed by atoms with Gasteiger partial charge in [0.2, 0.25) is 0 Å². The van der Waals surface area contributed by atoms with Crippen LogP contribution >= 0.6 is 54.5 Å². The molecule has 0 unspecified atom stereocenters. The highest BCUT2D eigenvalue weighted by Crippen LogP contribution is 2.46. The molecule has 0 aliphatic heterocycles. The predicted octanol–water partition coefficient (Wildman–Crippen LogP) is 4.93. The molecule has 2 aromatic rings. The molecular formula is C12H11Br2NO2S2. The van der Waals surface area contributed by atoms with Crippen molar-refractivity contribution in [2.24, 2.45) is 0 Å². The van der Waals surface area contributed by atoms with Gasteiger partial charge in [-0.15, -0.1) is 22.7 Å². The minimum absolute atomic E-state index is 0.381. The van der Waals surface area contributed by atoms with E-state index in [4.69, 9.17) is 10.5 Å². The number of hydrogen-bond donors (Lipinski definition) is 1. The molecule has 0 bridgehead atoms. The number of carbonyl (C=O) groups excluding carboxylic acids is 1. The first kappa shape index (κ1) is 15.0. The topological polar surface area (TPSA) is 52.3 Å². The van der Waals surface area contributed by atoms with Crippen LogP contribution in [-0.4, -0.2) is 13.1 Å². The Labute approximate surface area is 136 Å². The summed E-state index contributed by atoms with van der Waals surface area (Å²) < 4.78 is 6.83. The number of hydrogen-bond acceptors (Lipinski definition) is 5. The number of esters is 1. The molecule has 0 saturated heterocycles. The third-order valence-electron chi connectivity index (χ3n) is 2.67. The maximum absolute atomic E-state index is 11.7. The Bertz CT molecular complexity index is 634. The number of carbonyl (C=O) groups is 1. The Morgan fingerprint density at radius 2 is 2.11 bits per heavy atom. The molecule has 0 radical (unpaired) electrons. The second-order valence-electron chi connectivity index (χ2n) is 3.74. The van der Waals surface area contributed by atoms with Crippen molar-refractivity contribution in [2.45, 2.75) is 13.3 Å². The highest BCUT2D eigenvalue weighted by atomic mass is 79.9. The van der Waals surface area contributed by atoms with Gasteiger partial charge in [0.25, 0.3) is 0 Å². The predicted molar refractivity (Wildman–Crippen MR) is 88.2 cm³/mol. The molecule has 7 heteroatoms. The molecule has 0 fully saturated rings. The Morgan fingerprint density at radius 3 is 2.58 bits per heavy atom. The van der Waals surface area contributed by atoms with Crippen molar-refractivity contribution in [3.63, 3.8) is 0 Å². The Balaban J connectivity index is 2.64. The zero-order valence-corrected chi connectivity index (χ0v) is 15.1. The fraction of sp³-hybridized carbons (Fsp3) is 0.250. The van der Waals surface area contributed by atoms with Crippen molar-refractivity contribution in [1.82, 2.24) is 0 Å². The molecule has 3 nitrogen and oxygen atoms in total. The van der Waals surface area contributed by atoms with Crippen LogP contribution in [0.4, 0.5) is 5.69 Å². The average molecular weight is 425 g/mol. The van der Waals surface area contributed by atoms with Crippen molar-refractivity contribution < 1.29 is 9.53 Å². The van der Waals surface area contributed by atoms with Gasteiger partial charge in [-0.3, -0.25) is 0 Å². The molecule has 0 aromatic carbocycles. The summed E-state index contributed by atoms with van der Waals surface area (Å²) in [4.78, 5) is 13.2. The smallest absolute Gasteiger partial charge is 0.350 e. The summed E-state index contributed by atoms with van der Waals surface area (Å²) >= 11 is 9.98. The maximum atomic E-state index is 11.7. The largest absolute Gasteiger partial charge is 0.465 e. The van der Waals surface area contributed by atoms with Gasteiger partial charge in [0, 0.05) is 10.4 Å². The monoisotopic (exact) mass is 423 g/mol. The van der Waals surface area contributed by atoms with E-state index >= 15 is 0 Å². The molecule has 102 valence electrons. The first-order valence-corrected chi connectivity index (χ1v) is 8.66. The minimum Gasteiger partial charge on any atom is -0.465 e. The number of rotatable bonds is 3. The van der Waals surface area contributed by atoms with E-state index in [1.807, 2.05) is 13.0 Å². The van der Waals surface area contributed by atoms with Gasteiger partial charge in [0.1, 0.15) is 4.88 Å². The molecule has 0 aliphatic carbocycles. The highest BCUT2D eigenvalue weighted by Gasteiger charge is 2.23. The van der Waals surface area contributed by atoms with Crippen molar-refractivity contribution >= 4 is 66.2 Å². The SMILES string of the molecule is CCc1c(-c2cc(Br)sc2Br)sc(C(=O)OC)c1N. The first-order valence-electron chi connectivity index (χ1n) is 5.44. The van der Waals surface area contributed by atoms with Crippen LogP contribution in [0.5, 0.6) is 0 Å². The quantitative estimate of drug-likeness (QED) is 0.710. The molecule has 0 saturated carbocycles. The molecular weight excluding hydrogens is 414 g/mol. The van der Waals surface area contributed by atoms with Crippen LogP contribution < -0.4 is 5.73 Å². The minimum atomic E-state index is -0.381. The summed E-state index contributed by atoms with van der Waals surface area (Å²) in [6.07, 6.45) is 0.772. The molecule has 0 amide bonds. The van der Waals surface area contributed by atoms with Crippen LogP contribution in [0.3, 0.4) is 0 Å². The fourth-order valence-electron chi connectivity index (χ4n) is 1.79. The summed E-state index contributed by atoms with van der Waals surface area (Å²) in [5.74, 6) is -0.381. The third-order valence-corrected chi connectivity index (χ3v) is 6.27. The van der Waals surface area contributed by atoms with E-state index in [1.165, 1.54) is 18.4 Å². The number of methoxy groups -OCH3 is 1. The molecule has 19 heavy (non-hydrogen) atoms. The van der Waals surface area contributed by atoms with Gasteiger partial charge >= 0.3 is 5.97 Å². The molecule has 2 rings (SSSR count). The second kappa shape index (κ2) is 5.95. The summed E-state index contributed by atoms with van der Waals surface area (Å²) in [5, 5.41) is 0. The summed E-state index contributed by atoms with van der Waals surface area (Å²) in [5.41, 5.74) is 8.66. The van der Waals surface area contributed by atoms with Crippen molar-refractivity contribution in [1.29, 1.82) is 0 Å². The number of halogens is 2. The van der Waals surface area contributed by atoms with E-state index in [2.05, 4.69) is 31.9 Å². The first-order chi connectivity index (χ1) is 8.99.